The summed E-state index contributed by atoms with van der Waals surface area (Å²) < 4.78 is 4.87. The van der Waals surface area contributed by atoms with E-state index in [-0.39, 0.29) is 18.1 Å². The van der Waals surface area contributed by atoms with Crippen molar-refractivity contribution in [1.29, 1.82) is 0 Å². The van der Waals surface area contributed by atoms with Gasteiger partial charge in [0.05, 0.1) is 6.26 Å². The smallest absolute Gasteiger partial charge is 0.305 e. The first kappa shape index (κ1) is 17.7. The molecule has 7 heteroatoms. The Balaban J connectivity index is 2.45. The van der Waals surface area contributed by atoms with E-state index in [2.05, 4.69) is 10.9 Å². The summed E-state index contributed by atoms with van der Waals surface area (Å²) in [6.45, 7) is 5.50. The van der Waals surface area contributed by atoms with E-state index in [1.165, 1.54) is 12.3 Å². The molecule has 1 heterocycles. The number of furan rings is 1. The zero-order chi connectivity index (χ0) is 16.7. The molecule has 0 unspecified atom stereocenters. The Hall–Kier alpha value is -2.31. The maximum atomic E-state index is 11.8. The highest BCUT2D eigenvalue weighted by Crippen LogP contribution is 2.22. The summed E-state index contributed by atoms with van der Waals surface area (Å²) in [6, 6.07) is 3.01. The SMILES string of the molecule is CC(C)C[C@H](C(=O)[O-])[C@H](C)CC(=O)NNC(=O)c1ccco1. The third kappa shape index (κ3) is 5.59. The van der Waals surface area contributed by atoms with Crippen molar-refractivity contribution in [2.24, 2.45) is 17.8 Å². The van der Waals surface area contributed by atoms with Gasteiger partial charge in [0.15, 0.2) is 5.76 Å². The Morgan fingerprint density at radius 3 is 2.41 bits per heavy atom. The molecule has 1 rings (SSSR count). The van der Waals surface area contributed by atoms with E-state index in [0.29, 0.717) is 6.42 Å². The van der Waals surface area contributed by atoms with Crippen LogP contribution in [0.2, 0.25) is 0 Å². The van der Waals surface area contributed by atoms with E-state index in [1.807, 2.05) is 13.8 Å². The van der Waals surface area contributed by atoms with Gasteiger partial charge in [-0.25, -0.2) is 0 Å². The van der Waals surface area contributed by atoms with Gasteiger partial charge in [-0.2, -0.15) is 0 Å². The summed E-state index contributed by atoms with van der Waals surface area (Å²) in [5, 5.41) is 11.2. The Labute approximate surface area is 129 Å². The molecule has 0 radical (unpaired) electrons. The van der Waals surface area contributed by atoms with Crippen molar-refractivity contribution in [3.63, 3.8) is 0 Å². The first-order chi connectivity index (χ1) is 10.3. The van der Waals surface area contributed by atoms with Gasteiger partial charge in [-0.3, -0.25) is 20.4 Å². The number of hydrogen-bond donors (Lipinski definition) is 2. The molecular formula is C15H21N2O5-. The predicted octanol–water partition coefficient (Wildman–Crippen LogP) is 0.479. The zero-order valence-corrected chi connectivity index (χ0v) is 12.9. The van der Waals surface area contributed by atoms with Crippen LogP contribution in [0.5, 0.6) is 0 Å². The predicted molar refractivity (Wildman–Crippen MR) is 76.0 cm³/mol. The summed E-state index contributed by atoms with van der Waals surface area (Å²) in [7, 11) is 0. The van der Waals surface area contributed by atoms with Crippen LogP contribution in [0.15, 0.2) is 22.8 Å². The van der Waals surface area contributed by atoms with Crippen molar-refractivity contribution >= 4 is 17.8 Å². The van der Waals surface area contributed by atoms with Gasteiger partial charge >= 0.3 is 5.91 Å². The molecule has 0 bridgehead atoms. The summed E-state index contributed by atoms with van der Waals surface area (Å²) in [6.07, 6.45) is 1.76. The van der Waals surface area contributed by atoms with Gasteiger partial charge in [-0.05, 0) is 30.4 Å². The van der Waals surface area contributed by atoms with Gasteiger partial charge in [0.1, 0.15) is 0 Å². The highest BCUT2D eigenvalue weighted by atomic mass is 16.4. The van der Waals surface area contributed by atoms with Crippen LogP contribution in [0.4, 0.5) is 0 Å². The monoisotopic (exact) mass is 309 g/mol. The van der Waals surface area contributed by atoms with E-state index in [4.69, 9.17) is 4.42 Å². The van der Waals surface area contributed by atoms with Crippen LogP contribution in [-0.4, -0.2) is 17.8 Å². The quantitative estimate of drug-likeness (QED) is 0.711. The summed E-state index contributed by atoms with van der Waals surface area (Å²) in [4.78, 5) is 34.5. The molecule has 22 heavy (non-hydrogen) atoms. The van der Waals surface area contributed by atoms with E-state index in [1.54, 1.807) is 13.0 Å². The minimum absolute atomic E-state index is 0.0240. The van der Waals surface area contributed by atoms with Crippen LogP contribution >= 0.6 is 0 Å². The average molecular weight is 309 g/mol. The molecule has 0 fully saturated rings. The number of nitrogens with one attached hydrogen (secondary N) is 2. The standard InChI is InChI=1S/C15H22N2O5/c1-9(2)7-11(15(20)21)10(3)8-13(18)16-17-14(19)12-5-4-6-22-12/h4-6,9-11H,7-8H2,1-3H3,(H,16,18)(H,17,19)(H,20,21)/p-1/t10-,11+/m1/s1. The summed E-state index contributed by atoms with van der Waals surface area (Å²) >= 11 is 0. The maximum absolute atomic E-state index is 11.8. The highest BCUT2D eigenvalue weighted by molar-refractivity contribution is 5.92. The number of amides is 2. The minimum Gasteiger partial charge on any atom is -0.550 e. The number of carboxylic acids is 1. The van der Waals surface area contributed by atoms with Crippen molar-refractivity contribution in [3.8, 4) is 0 Å². The third-order valence-electron chi connectivity index (χ3n) is 3.28. The fourth-order valence-corrected chi connectivity index (χ4v) is 2.15. The topological polar surface area (TPSA) is 111 Å². The van der Waals surface area contributed by atoms with Crippen LogP contribution in [-0.2, 0) is 9.59 Å². The molecule has 0 saturated heterocycles. The molecule has 0 aliphatic heterocycles. The first-order valence-corrected chi connectivity index (χ1v) is 7.14. The lowest BCUT2D eigenvalue weighted by Crippen LogP contribution is -2.43. The number of rotatable bonds is 7. The normalized spacial score (nSPS) is 13.5. The molecule has 0 aromatic carbocycles. The molecule has 1 aromatic heterocycles. The van der Waals surface area contributed by atoms with Crippen LogP contribution < -0.4 is 16.0 Å². The van der Waals surface area contributed by atoms with E-state index >= 15 is 0 Å². The van der Waals surface area contributed by atoms with E-state index in [9.17, 15) is 19.5 Å². The van der Waals surface area contributed by atoms with Gasteiger partial charge in [-0.15, -0.1) is 0 Å². The lowest BCUT2D eigenvalue weighted by atomic mass is 9.84. The van der Waals surface area contributed by atoms with Crippen LogP contribution in [0.25, 0.3) is 0 Å². The molecule has 7 nitrogen and oxygen atoms in total. The van der Waals surface area contributed by atoms with Crippen molar-refractivity contribution in [2.75, 3.05) is 0 Å². The summed E-state index contributed by atoms with van der Waals surface area (Å²) in [5.74, 6) is -3.05. The zero-order valence-electron chi connectivity index (χ0n) is 12.9. The second-order valence-corrected chi connectivity index (χ2v) is 5.72. The van der Waals surface area contributed by atoms with Gasteiger partial charge in [-0.1, -0.05) is 20.8 Å². The molecule has 122 valence electrons. The van der Waals surface area contributed by atoms with Gasteiger partial charge in [0.2, 0.25) is 5.91 Å². The van der Waals surface area contributed by atoms with Crippen molar-refractivity contribution in [3.05, 3.63) is 24.2 Å². The molecule has 0 spiro atoms. The molecule has 0 aliphatic carbocycles. The second kappa shape index (κ2) is 8.21. The van der Waals surface area contributed by atoms with Crippen LogP contribution in [0, 0.1) is 17.8 Å². The fourth-order valence-electron chi connectivity index (χ4n) is 2.15. The lowest BCUT2D eigenvalue weighted by molar-refractivity contribution is -0.313. The minimum atomic E-state index is -1.16. The number of aliphatic carboxylic acids is 1. The first-order valence-electron chi connectivity index (χ1n) is 7.14. The number of hydrogen-bond acceptors (Lipinski definition) is 5. The number of hydrazine groups is 1. The average Bonchev–Trinajstić information content (AvgIpc) is 2.95. The largest absolute Gasteiger partial charge is 0.550 e. The fraction of sp³-hybridized carbons (Fsp3) is 0.533. The molecule has 2 N–H and O–H groups in total. The van der Waals surface area contributed by atoms with E-state index < -0.39 is 29.6 Å². The van der Waals surface area contributed by atoms with Gasteiger partial charge in [0.25, 0.3) is 0 Å². The van der Waals surface area contributed by atoms with E-state index in [0.717, 1.165) is 0 Å². The Kier molecular flexibility index (Phi) is 6.62. The van der Waals surface area contributed by atoms with Crippen molar-refractivity contribution < 1.29 is 23.9 Å². The van der Waals surface area contributed by atoms with Crippen LogP contribution in [0.1, 0.15) is 44.2 Å². The Bertz CT molecular complexity index is 510. The lowest BCUT2D eigenvalue weighted by Gasteiger charge is -2.26. The molecule has 0 saturated carbocycles. The molecule has 2 amide bonds. The Morgan fingerprint density at radius 1 is 1.23 bits per heavy atom. The van der Waals surface area contributed by atoms with Crippen LogP contribution in [0.3, 0.4) is 0 Å². The van der Waals surface area contributed by atoms with Gasteiger partial charge < -0.3 is 14.3 Å². The Morgan fingerprint density at radius 2 is 1.91 bits per heavy atom. The summed E-state index contributed by atoms with van der Waals surface area (Å²) in [5.41, 5.74) is 4.44. The number of carboxylic acid groups (broad SMARTS) is 1. The second-order valence-electron chi connectivity index (χ2n) is 5.72. The maximum Gasteiger partial charge on any atom is 0.305 e. The van der Waals surface area contributed by atoms with Crippen molar-refractivity contribution in [1.82, 2.24) is 10.9 Å². The molecular weight excluding hydrogens is 288 g/mol. The molecule has 1 aromatic rings. The van der Waals surface area contributed by atoms with Crippen molar-refractivity contribution in [2.45, 2.75) is 33.6 Å². The number of carbonyl (C=O) groups excluding carboxylic acids is 3. The number of carbonyl (C=O) groups is 3. The highest BCUT2D eigenvalue weighted by Gasteiger charge is 2.22. The molecule has 2 atom stereocenters. The third-order valence-corrected chi connectivity index (χ3v) is 3.28. The molecule has 0 aliphatic rings. The van der Waals surface area contributed by atoms with Gasteiger partial charge in [0, 0.05) is 18.3 Å².